The van der Waals surface area contributed by atoms with E-state index in [4.69, 9.17) is 9.47 Å². The second-order valence-electron chi connectivity index (χ2n) is 7.63. The fourth-order valence-electron chi connectivity index (χ4n) is 3.74. The Kier molecular flexibility index (Phi) is 6.03. The molecule has 0 aliphatic carbocycles. The van der Waals surface area contributed by atoms with E-state index >= 15 is 0 Å². The van der Waals surface area contributed by atoms with Crippen LogP contribution in [0.1, 0.15) is 53.4 Å². The Morgan fingerprint density at radius 1 is 1.33 bits per heavy atom. The number of ether oxygens (including phenoxy) is 2. The first-order chi connectivity index (χ1) is 9.88. The zero-order valence-electron chi connectivity index (χ0n) is 14.1. The fraction of sp³-hybridized carbons (Fsp3) is 1.00. The number of aliphatic hydroxyl groups excluding tert-OH is 1. The lowest BCUT2D eigenvalue weighted by molar-refractivity contribution is -0.158. The summed E-state index contributed by atoms with van der Waals surface area (Å²) in [6, 6.07) is 0. The van der Waals surface area contributed by atoms with E-state index in [1.54, 1.807) is 0 Å². The minimum Gasteiger partial charge on any atom is -0.390 e. The van der Waals surface area contributed by atoms with Crippen LogP contribution in [-0.4, -0.2) is 47.6 Å². The number of rotatable bonds is 4. The molecule has 0 radical (unpaired) electrons. The molecule has 3 atom stereocenters. The van der Waals surface area contributed by atoms with Crippen LogP contribution in [0.15, 0.2) is 0 Å². The van der Waals surface area contributed by atoms with Crippen molar-refractivity contribution in [3.05, 3.63) is 0 Å². The lowest BCUT2D eigenvalue weighted by atomic mass is 9.74. The summed E-state index contributed by atoms with van der Waals surface area (Å²) >= 11 is 2.02. The first-order valence-corrected chi connectivity index (χ1v) is 9.55. The molecule has 0 aromatic rings. The molecule has 1 spiro atoms. The molecule has 124 valence electrons. The summed E-state index contributed by atoms with van der Waals surface area (Å²) in [7, 11) is 0. The highest BCUT2D eigenvalue weighted by Gasteiger charge is 2.44. The van der Waals surface area contributed by atoms with Crippen molar-refractivity contribution in [2.75, 3.05) is 24.7 Å². The van der Waals surface area contributed by atoms with Gasteiger partial charge in [-0.1, -0.05) is 20.8 Å². The van der Waals surface area contributed by atoms with Gasteiger partial charge >= 0.3 is 0 Å². The third kappa shape index (κ3) is 4.37. The Bertz CT molecular complexity index is 315. The molecule has 3 unspecified atom stereocenters. The summed E-state index contributed by atoms with van der Waals surface area (Å²) in [5.41, 5.74) is -0.00684. The average molecular weight is 317 g/mol. The molecule has 3 nitrogen and oxygen atoms in total. The van der Waals surface area contributed by atoms with Gasteiger partial charge in [0.05, 0.1) is 17.8 Å². The van der Waals surface area contributed by atoms with Gasteiger partial charge < -0.3 is 14.6 Å². The van der Waals surface area contributed by atoms with Crippen molar-refractivity contribution in [2.45, 2.75) is 71.2 Å². The maximum atomic E-state index is 10.9. The Hall–Kier alpha value is 0.230. The summed E-state index contributed by atoms with van der Waals surface area (Å²) in [6.07, 6.45) is 3.73. The smallest absolute Gasteiger partial charge is 0.0884 e. The zero-order chi connectivity index (χ0) is 15.5. The maximum absolute atomic E-state index is 10.9. The van der Waals surface area contributed by atoms with Gasteiger partial charge in [0, 0.05) is 13.2 Å². The quantitative estimate of drug-likeness (QED) is 0.861. The average Bonchev–Trinajstić information content (AvgIpc) is 2.44. The van der Waals surface area contributed by atoms with Crippen LogP contribution >= 0.6 is 11.8 Å². The van der Waals surface area contributed by atoms with Crippen molar-refractivity contribution >= 4 is 11.8 Å². The van der Waals surface area contributed by atoms with Gasteiger partial charge in [0.25, 0.3) is 0 Å². The number of hydrogen-bond donors (Lipinski definition) is 1. The van der Waals surface area contributed by atoms with Gasteiger partial charge in [-0.3, -0.25) is 0 Å². The van der Waals surface area contributed by atoms with Crippen molar-refractivity contribution in [3.8, 4) is 0 Å². The van der Waals surface area contributed by atoms with E-state index < -0.39 is 0 Å². The van der Waals surface area contributed by atoms with Crippen molar-refractivity contribution < 1.29 is 14.6 Å². The summed E-state index contributed by atoms with van der Waals surface area (Å²) in [5.74, 6) is 2.69. The third-order valence-electron chi connectivity index (χ3n) is 4.93. The van der Waals surface area contributed by atoms with Crippen LogP contribution in [-0.2, 0) is 9.47 Å². The third-order valence-corrected chi connectivity index (χ3v) is 5.91. The molecule has 2 heterocycles. The van der Waals surface area contributed by atoms with Gasteiger partial charge in [-0.15, -0.1) is 0 Å². The van der Waals surface area contributed by atoms with Crippen molar-refractivity contribution in [1.82, 2.24) is 0 Å². The molecule has 0 amide bonds. The van der Waals surface area contributed by atoms with Gasteiger partial charge in [-0.25, -0.2) is 0 Å². The van der Waals surface area contributed by atoms with Crippen LogP contribution in [0.2, 0.25) is 0 Å². The molecule has 0 bridgehead atoms. The Balaban J connectivity index is 2.04. The highest BCUT2D eigenvalue weighted by atomic mass is 32.2. The minimum absolute atomic E-state index is 0.0315. The van der Waals surface area contributed by atoms with Gasteiger partial charge in [0.15, 0.2) is 0 Å². The lowest BCUT2D eigenvalue weighted by Gasteiger charge is -2.46. The summed E-state index contributed by atoms with van der Waals surface area (Å²) in [4.78, 5) is 0. The Morgan fingerprint density at radius 2 is 2.00 bits per heavy atom. The molecular formula is C17H32O3S. The summed E-state index contributed by atoms with van der Waals surface area (Å²) in [5, 5.41) is 10.9. The van der Waals surface area contributed by atoms with E-state index in [-0.39, 0.29) is 23.2 Å². The van der Waals surface area contributed by atoms with Gasteiger partial charge in [-0.2, -0.15) is 11.8 Å². The molecule has 2 aliphatic heterocycles. The van der Waals surface area contributed by atoms with E-state index in [9.17, 15) is 5.11 Å². The van der Waals surface area contributed by atoms with Crippen LogP contribution in [0, 0.1) is 11.3 Å². The molecule has 4 heteroatoms. The molecular weight excluding hydrogens is 284 g/mol. The lowest BCUT2D eigenvalue weighted by Crippen LogP contribution is -2.50. The van der Waals surface area contributed by atoms with Crippen molar-refractivity contribution in [2.24, 2.45) is 11.3 Å². The monoisotopic (exact) mass is 316 g/mol. The van der Waals surface area contributed by atoms with Crippen LogP contribution < -0.4 is 0 Å². The van der Waals surface area contributed by atoms with Crippen LogP contribution in [0.5, 0.6) is 0 Å². The maximum Gasteiger partial charge on any atom is 0.0884 e. The summed E-state index contributed by atoms with van der Waals surface area (Å²) in [6.45, 7) is 9.92. The SMILES string of the molecule is CCOC(C(O)C1CCOC2(CCSCC2)C1)C(C)(C)C. The fourth-order valence-corrected chi connectivity index (χ4v) is 4.97. The highest BCUT2D eigenvalue weighted by Crippen LogP contribution is 2.42. The van der Waals surface area contributed by atoms with Crippen LogP contribution in [0.3, 0.4) is 0 Å². The molecule has 0 aromatic carbocycles. The normalized spacial score (nSPS) is 29.3. The van der Waals surface area contributed by atoms with Crippen molar-refractivity contribution in [1.29, 1.82) is 0 Å². The predicted molar refractivity (Wildman–Crippen MR) is 88.8 cm³/mol. The molecule has 2 saturated heterocycles. The zero-order valence-corrected chi connectivity index (χ0v) is 14.9. The second-order valence-corrected chi connectivity index (χ2v) is 8.85. The van der Waals surface area contributed by atoms with Crippen LogP contribution in [0.25, 0.3) is 0 Å². The molecule has 0 saturated carbocycles. The standard InChI is InChI=1S/C17H32O3S/c1-5-19-15(16(2,3)4)14(18)13-6-9-20-17(12-13)7-10-21-11-8-17/h13-15,18H,5-12H2,1-4H3. The van der Waals surface area contributed by atoms with Crippen LogP contribution in [0.4, 0.5) is 0 Å². The van der Waals surface area contributed by atoms with E-state index in [2.05, 4.69) is 20.8 Å². The van der Waals surface area contributed by atoms with E-state index in [0.29, 0.717) is 12.5 Å². The first kappa shape index (κ1) is 17.6. The largest absolute Gasteiger partial charge is 0.390 e. The molecule has 21 heavy (non-hydrogen) atoms. The topological polar surface area (TPSA) is 38.7 Å². The Labute approximate surface area is 134 Å². The molecule has 1 N–H and O–H groups in total. The Morgan fingerprint density at radius 3 is 2.57 bits per heavy atom. The molecule has 2 rings (SSSR count). The van der Waals surface area contributed by atoms with E-state index in [1.807, 2.05) is 18.7 Å². The minimum atomic E-state index is -0.389. The van der Waals surface area contributed by atoms with Gasteiger partial charge in [0.1, 0.15) is 0 Å². The molecule has 2 aliphatic rings. The summed E-state index contributed by atoms with van der Waals surface area (Å²) < 4.78 is 12.0. The number of aliphatic hydroxyl groups is 1. The van der Waals surface area contributed by atoms with Gasteiger partial charge in [0.2, 0.25) is 0 Å². The molecule has 0 aromatic heterocycles. The number of thioether (sulfide) groups is 1. The predicted octanol–water partition coefficient (Wildman–Crippen LogP) is 3.49. The first-order valence-electron chi connectivity index (χ1n) is 8.39. The molecule has 2 fully saturated rings. The highest BCUT2D eigenvalue weighted by molar-refractivity contribution is 7.99. The van der Waals surface area contributed by atoms with Crippen molar-refractivity contribution in [3.63, 3.8) is 0 Å². The van der Waals surface area contributed by atoms with E-state index in [1.165, 1.54) is 11.5 Å². The van der Waals surface area contributed by atoms with E-state index in [0.717, 1.165) is 32.3 Å². The van der Waals surface area contributed by atoms with Gasteiger partial charge in [-0.05, 0) is 55.4 Å². The number of hydrogen-bond acceptors (Lipinski definition) is 4. The second kappa shape index (κ2) is 7.20.